The summed E-state index contributed by atoms with van der Waals surface area (Å²) in [7, 11) is 0. The van der Waals surface area contributed by atoms with E-state index in [1.165, 1.54) is 0 Å². The maximum Gasteiger partial charge on any atom is 0.433 e. The molecule has 16 heteroatoms. The van der Waals surface area contributed by atoms with E-state index in [4.69, 9.17) is 28.3 Å². The SMILES string of the molecule is CC(C)(CN(CC(=O)c1c(Cl)cncc1Cl)C(=O)c1cnn(C2CCC(CC(=O)O)CC2)c1C(F)(F)F)C(F)(F)F. The summed E-state index contributed by atoms with van der Waals surface area (Å²) in [5.41, 5.74) is -5.46. The van der Waals surface area contributed by atoms with Gasteiger partial charge >= 0.3 is 18.3 Å². The molecule has 41 heavy (non-hydrogen) atoms. The van der Waals surface area contributed by atoms with E-state index in [-0.39, 0.29) is 40.8 Å². The second-order valence-electron chi connectivity index (χ2n) is 10.6. The van der Waals surface area contributed by atoms with Crippen molar-refractivity contribution in [2.24, 2.45) is 11.3 Å². The summed E-state index contributed by atoms with van der Waals surface area (Å²) >= 11 is 12.0. The maximum absolute atomic E-state index is 14.3. The number of ketones is 1. The van der Waals surface area contributed by atoms with Gasteiger partial charge in [0.2, 0.25) is 0 Å². The molecule has 1 aliphatic rings. The van der Waals surface area contributed by atoms with Crippen LogP contribution in [-0.2, 0) is 11.0 Å². The van der Waals surface area contributed by atoms with Gasteiger partial charge in [0.15, 0.2) is 11.5 Å². The monoisotopic (exact) mass is 630 g/mol. The van der Waals surface area contributed by atoms with Gasteiger partial charge in [-0.2, -0.15) is 31.4 Å². The average molecular weight is 631 g/mol. The van der Waals surface area contributed by atoms with Crippen molar-refractivity contribution in [3.8, 4) is 0 Å². The first-order valence-electron chi connectivity index (χ1n) is 12.4. The van der Waals surface area contributed by atoms with E-state index in [2.05, 4.69) is 10.1 Å². The van der Waals surface area contributed by atoms with Gasteiger partial charge in [0.1, 0.15) is 0 Å². The Hall–Kier alpha value is -2.87. The maximum atomic E-state index is 14.3. The first kappa shape index (κ1) is 32.6. The summed E-state index contributed by atoms with van der Waals surface area (Å²) in [6, 6.07) is -0.825. The Morgan fingerprint density at radius 3 is 2.05 bits per heavy atom. The number of carboxylic acids is 1. The average Bonchev–Trinajstić information content (AvgIpc) is 3.28. The minimum atomic E-state index is -5.13. The van der Waals surface area contributed by atoms with Crippen molar-refractivity contribution < 1.29 is 45.8 Å². The van der Waals surface area contributed by atoms with Crippen molar-refractivity contribution >= 4 is 40.9 Å². The number of amides is 1. The Balaban J connectivity index is 2.01. The van der Waals surface area contributed by atoms with Gasteiger partial charge in [-0.3, -0.25) is 24.0 Å². The van der Waals surface area contributed by atoms with Gasteiger partial charge in [0.25, 0.3) is 5.91 Å². The number of Topliss-reactive ketones (excluding diaryl/α,β-unsaturated/α-hetero) is 1. The molecule has 2 aromatic heterocycles. The fourth-order valence-corrected chi connectivity index (χ4v) is 5.36. The summed E-state index contributed by atoms with van der Waals surface area (Å²) < 4.78 is 84.9. The topological polar surface area (TPSA) is 105 Å². The fourth-order valence-electron chi connectivity index (χ4n) is 4.79. The van der Waals surface area contributed by atoms with E-state index in [0.29, 0.717) is 28.6 Å². The zero-order valence-corrected chi connectivity index (χ0v) is 23.3. The van der Waals surface area contributed by atoms with E-state index < -0.39 is 65.8 Å². The van der Waals surface area contributed by atoms with E-state index in [1.807, 2.05) is 0 Å². The molecule has 8 nitrogen and oxygen atoms in total. The van der Waals surface area contributed by atoms with Crippen LogP contribution in [-0.4, -0.2) is 61.7 Å². The first-order valence-corrected chi connectivity index (χ1v) is 13.1. The van der Waals surface area contributed by atoms with Crippen LogP contribution in [0.1, 0.15) is 78.4 Å². The molecule has 2 heterocycles. The van der Waals surface area contributed by atoms with Crippen molar-refractivity contribution in [3.05, 3.63) is 45.5 Å². The van der Waals surface area contributed by atoms with Crippen LogP contribution in [0.2, 0.25) is 10.0 Å². The molecule has 0 aliphatic heterocycles. The lowest BCUT2D eigenvalue weighted by Gasteiger charge is -2.34. The Kier molecular flexibility index (Phi) is 9.68. The molecule has 1 aliphatic carbocycles. The van der Waals surface area contributed by atoms with Crippen LogP contribution in [0.4, 0.5) is 26.3 Å². The molecule has 226 valence electrons. The Morgan fingerprint density at radius 2 is 1.56 bits per heavy atom. The highest BCUT2D eigenvalue weighted by Gasteiger charge is 2.50. The number of pyridine rings is 1. The molecule has 0 bridgehead atoms. The minimum Gasteiger partial charge on any atom is -0.481 e. The lowest BCUT2D eigenvalue weighted by Crippen LogP contribution is -2.47. The minimum absolute atomic E-state index is 0.134. The van der Waals surface area contributed by atoms with E-state index in [9.17, 15) is 40.7 Å². The van der Waals surface area contributed by atoms with E-state index in [0.717, 1.165) is 26.2 Å². The van der Waals surface area contributed by atoms with Crippen molar-refractivity contribution in [1.29, 1.82) is 0 Å². The number of halogens is 8. The zero-order chi connectivity index (χ0) is 30.9. The van der Waals surface area contributed by atoms with Crippen molar-refractivity contribution in [3.63, 3.8) is 0 Å². The molecule has 3 rings (SSSR count). The van der Waals surface area contributed by atoms with Crippen molar-refractivity contribution in [2.45, 2.75) is 64.3 Å². The number of hydrogen-bond acceptors (Lipinski definition) is 5. The molecule has 1 fully saturated rings. The summed E-state index contributed by atoms with van der Waals surface area (Å²) in [5.74, 6) is -3.75. The molecular formula is C25H26Cl2F6N4O4. The van der Waals surface area contributed by atoms with Crippen molar-refractivity contribution in [2.75, 3.05) is 13.1 Å². The number of carbonyl (C=O) groups is 3. The molecule has 0 radical (unpaired) electrons. The highest BCUT2D eigenvalue weighted by Crippen LogP contribution is 2.41. The Labute approximate surface area is 240 Å². The molecule has 0 unspecified atom stereocenters. The smallest absolute Gasteiger partial charge is 0.433 e. The number of alkyl halides is 6. The third-order valence-electron chi connectivity index (χ3n) is 7.03. The molecule has 0 spiro atoms. The van der Waals surface area contributed by atoms with Gasteiger partial charge in [-0.25, -0.2) is 0 Å². The van der Waals surface area contributed by atoms with Gasteiger partial charge in [0.05, 0.1) is 45.4 Å². The molecule has 0 atom stereocenters. The fraction of sp³-hybridized carbons (Fsp3) is 0.560. The predicted octanol–water partition coefficient (Wildman–Crippen LogP) is 6.72. The van der Waals surface area contributed by atoms with Gasteiger partial charge in [-0.15, -0.1) is 0 Å². The van der Waals surface area contributed by atoms with Gasteiger partial charge in [-0.1, -0.05) is 23.2 Å². The molecule has 1 N–H and O–H groups in total. The molecule has 1 amide bonds. The normalized spacial score (nSPS) is 18.3. The largest absolute Gasteiger partial charge is 0.481 e. The summed E-state index contributed by atoms with van der Waals surface area (Å²) in [5, 5.41) is 12.3. The third kappa shape index (κ3) is 7.51. The number of rotatable bonds is 9. The van der Waals surface area contributed by atoms with Gasteiger partial charge in [-0.05, 0) is 45.4 Å². The number of aromatic nitrogens is 3. The molecular weight excluding hydrogens is 605 g/mol. The number of carboxylic acid groups (broad SMARTS) is 1. The molecule has 1 saturated carbocycles. The predicted molar refractivity (Wildman–Crippen MR) is 135 cm³/mol. The second kappa shape index (κ2) is 12.2. The number of nitrogens with zero attached hydrogens (tertiary/aromatic N) is 4. The summed E-state index contributed by atoms with van der Waals surface area (Å²) in [4.78, 5) is 41.6. The first-order chi connectivity index (χ1) is 18.8. The van der Waals surface area contributed by atoms with Crippen LogP contribution in [0, 0.1) is 11.3 Å². The quantitative estimate of drug-likeness (QED) is 0.243. The van der Waals surface area contributed by atoms with Crippen LogP contribution in [0.5, 0.6) is 0 Å². The van der Waals surface area contributed by atoms with Crippen LogP contribution in [0.3, 0.4) is 0 Å². The Bertz CT molecular complexity index is 1280. The molecule has 0 saturated heterocycles. The summed E-state index contributed by atoms with van der Waals surface area (Å²) in [6.45, 7) is -0.740. The lowest BCUT2D eigenvalue weighted by atomic mass is 9.84. The van der Waals surface area contributed by atoms with E-state index >= 15 is 0 Å². The second-order valence-corrected chi connectivity index (χ2v) is 11.4. The molecule has 2 aromatic rings. The summed E-state index contributed by atoms with van der Waals surface area (Å²) in [6.07, 6.45) is -6.51. The van der Waals surface area contributed by atoms with Gasteiger partial charge in [0, 0.05) is 25.4 Å². The standard InChI is InChI=1S/C25H26Cl2F6N4O4/c1-23(2,25(31,32)33)12-36(11-18(38)20-16(26)9-34-10-17(20)27)22(41)15-8-35-37(21(15)24(28,29)30)14-5-3-13(4-6-14)7-19(39)40/h8-10,13-14H,3-7,11-12H2,1-2H3,(H,39,40). The third-order valence-corrected chi connectivity index (χ3v) is 7.60. The van der Waals surface area contributed by atoms with Crippen LogP contribution in [0.15, 0.2) is 18.6 Å². The lowest BCUT2D eigenvalue weighted by molar-refractivity contribution is -0.214. The number of hydrogen-bond donors (Lipinski definition) is 1. The Morgan fingerprint density at radius 1 is 1.00 bits per heavy atom. The highest BCUT2D eigenvalue weighted by molar-refractivity contribution is 6.39. The zero-order valence-electron chi connectivity index (χ0n) is 21.8. The van der Waals surface area contributed by atoms with Crippen LogP contribution in [0.25, 0.3) is 0 Å². The van der Waals surface area contributed by atoms with Gasteiger partial charge < -0.3 is 10.0 Å². The van der Waals surface area contributed by atoms with E-state index in [1.54, 1.807) is 0 Å². The van der Waals surface area contributed by atoms with Crippen LogP contribution < -0.4 is 0 Å². The highest BCUT2D eigenvalue weighted by atomic mass is 35.5. The van der Waals surface area contributed by atoms with Crippen molar-refractivity contribution in [1.82, 2.24) is 19.7 Å². The number of aliphatic carboxylic acids is 1. The van der Waals surface area contributed by atoms with Crippen LogP contribution >= 0.6 is 23.2 Å². The molecule has 0 aromatic carbocycles. The number of carbonyl (C=O) groups excluding carboxylic acids is 2.